The Morgan fingerprint density at radius 3 is 0.889 bits per heavy atom. The zero-order chi connectivity index (χ0) is 26.2. The quantitative estimate of drug-likeness (QED) is 0.0650. The lowest BCUT2D eigenvalue weighted by atomic mass is 9.95. The van der Waals surface area contributed by atoms with Gasteiger partial charge in [-0.15, -0.1) is 0 Å². The van der Waals surface area contributed by atoms with Gasteiger partial charge in [0, 0.05) is 0 Å². The van der Waals surface area contributed by atoms with E-state index in [0.717, 1.165) is 5.92 Å². The molecule has 0 saturated carbocycles. The lowest BCUT2D eigenvalue weighted by molar-refractivity contribution is 0.430. The van der Waals surface area contributed by atoms with Crippen LogP contribution in [0.25, 0.3) is 0 Å². The van der Waals surface area contributed by atoms with Crippen LogP contribution in [0.5, 0.6) is 0 Å². The second-order valence-electron chi connectivity index (χ2n) is 12.2. The molecule has 1 unspecified atom stereocenters. The predicted molar refractivity (Wildman–Crippen MR) is 168 cm³/mol. The van der Waals surface area contributed by atoms with Crippen molar-refractivity contribution in [1.82, 2.24) is 0 Å². The first-order chi connectivity index (χ1) is 17.8. The SMILES string of the molecule is CCCCCCC/C=C/CCCCCCCCCCCC(C)CCCCCCCCCCCCCC. The molecule has 0 aliphatic heterocycles. The van der Waals surface area contributed by atoms with Gasteiger partial charge in [-0.2, -0.15) is 0 Å². The molecule has 0 aromatic heterocycles. The molecule has 0 heteroatoms. The van der Waals surface area contributed by atoms with Crippen LogP contribution < -0.4 is 0 Å². The minimum absolute atomic E-state index is 0.961. The molecule has 1 atom stereocenters. The molecule has 0 bridgehead atoms. The molecule has 36 heavy (non-hydrogen) atoms. The second kappa shape index (κ2) is 32.8. The standard InChI is InChI=1S/C36H72/c1-4-6-8-10-12-14-16-18-19-20-21-22-23-25-27-29-31-33-35-36(3)34-32-30-28-26-24-17-15-13-11-9-7-5-2/h16,18,36H,4-15,17,19-35H2,1-3H3/b18-16+. The van der Waals surface area contributed by atoms with Gasteiger partial charge in [-0.3, -0.25) is 0 Å². The summed E-state index contributed by atoms with van der Waals surface area (Å²) in [5.41, 5.74) is 0. The third kappa shape index (κ3) is 31.8. The fourth-order valence-corrected chi connectivity index (χ4v) is 5.57. The highest BCUT2D eigenvalue weighted by atomic mass is 14.1. The van der Waals surface area contributed by atoms with Crippen molar-refractivity contribution < 1.29 is 0 Å². The summed E-state index contributed by atoms with van der Waals surface area (Å²) in [7, 11) is 0. The van der Waals surface area contributed by atoms with Gasteiger partial charge in [-0.05, 0) is 31.6 Å². The Bertz CT molecular complexity index is 395. The van der Waals surface area contributed by atoms with Gasteiger partial charge in [-0.1, -0.05) is 200 Å². The topological polar surface area (TPSA) is 0 Å². The number of hydrogen-bond acceptors (Lipinski definition) is 0. The fraction of sp³-hybridized carbons (Fsp3) is 0.944. The van der Waals surface area contributed by atoms with E-state index >= 15 is 0 Å². The van der Waals surface area contributed by atoms with Crippen molar-refractivity contribution in [2.75, 3.05) is 0 Å². The smallest absolute Gasteiger partial charge is 0.0351 e. The summed E-state index contributed by atoms with van der Waals surface area (Å²) >= 11 is 0. The molecule has 0 fully saturated rings. The third-order valence-electron chi connectivity index (χ3n) is 8.26. The Kier molecular flexibility index (Phi) is 32.5. The highest BCUT2D eigenvalue weighted by Crippen LogP contribution is 2.19. The second-order valence-corrected chi connectivity index (χ2v) is 12.2. The van der Waals surface area contributed by atoms with Gasteiger partial charge in [0.25, 0.3) is 0 Å². The van der Waals surface area contributed by atoms with E-state index in [-0.39, 0.29) is 0 Å². The third-order valence-corrected chi connectivity index (χ3v) is 8.26. The van der Waals surface area contributed by atoms with E-state index < -0.39 is 0 Å². The van der Waals surface area contributed by atoms with Crippen molar-refractivity contribution >= 4 is 0 Å². The molecule has 0 aromatic carbocycles. The molecule has 0 aliphatic carbocycles. The molecule has 0 heterocycles. The monoisotopic (exact) mass is 505 g/mol. The zero-order valence-electron chi connectivity index (χ0n) is 25.9. The van der Waals surface area contributed by atoms with E-state index in [1.807, 2.05) is 0 Å². The molecule has 0 saturated heterocycles. The molecule has 0 spiro atoms. The van der Waals surface area contributed by atoms with Crippen molar-refractivity contribution in [3.05, 3.63) is 12.2 Å². The molecule has 0 radical (unpaired) electrons. The summed E-state index contributed by atoms with van der Waals surface area (Å²) in [4.78, 5) is 0. The Morgan fingerprint density at radius 1 is 0.333 bits per heavy atom. The van der Waals surface area contributed by atoms with E-state index in [1.54, 1.807) is 0 Å². The first-order valence-electron chi connectivity index (χ1n) is 17.5. The minimum atomic E-state index is 0.961. The number of rotatable bonds is 31. The highest BCUT2D eigenvalue weighted by molar-refractivity contribution is 4.81. The molecular formula is C36H72. The van der Waals surface area contributed by atoms with Gasteiger partial charge < -0.3 is 0 Å². The van der Waals surface area contributed by atoms with Crippen LogP contribution in [0.3, 0.4) is 0 Å². The maximum Gasteiger partial charge on any atom is -0.0351 e. The lowest BCUT2D eigenvalue weighted by Gasteiger charge is -2.11. The Hall–Kier alpha value is -0.260. The first-order valence-corrected chi connectivity index (χ1v) is 17.5. The van der Waals surface area contributed by atoms with Crippen molar-refractivity contribution in [3.63, 3.8) is 0 Å². The highest BCUT2D eigenvalue weighted by Gasteiger charge is 2.02. The van der Waals surface area contributed by atoms with Crippen LogP contribution in [0.1, 0.15) is 213 Å². The predicted octanol–water partition coefficient (Wildman–Crippen LogP) is 13.9. The molecular weight excluding hydrogens is 432 g/mol. The van der Waals surface area contributed by atoms with Crippen molar-refractivity contribution in [1.29, 1.82) is 0 Å². The molecule has 0 aromatic rings. The van der Waals surface area contributed by atoms with Crippen LogP contribution in [0.2, 0.25) is 0 Å². The molecule has 216 valence electrons. The summed E-state index contributed by atoms with van der Waals surface area (Å²) in [6.07, 6.45) is 48.3. The first kappa shape index (κ1) is 35.7. The van der Waals surface area contributed by atoms with Crippen LogP contribution >= 0.6 is 0 Å². The summed E-state index contributed by atoms with van der Waals surface area (Å²) in [5.74, 6) is 0.961. The van der Waals surface area contributed by atoms with E-state index in [4.69, 9.17) is 0 Å². The van der Waals surface area contributed by atoms with Crippen molar-refractivity contribution in [2.45, 2.75) is 213 Å². The average Bonchev–Trinajstić information content (AvgIpc) is 2.88. The summed E-state index contributed by atoms with van der Waals surface area (Å²) in [5, 5.41) is 0. The van der Waals surface area contributed by atoms with Gasteiger partial charge in [-0.25, -0.2) is 0 Å². The van der Waals surface area contributed by atoms with Crippen molar-refractivity contribution in [2.24, 2.45) is 5.92 Å². The van der Waals surface area contributed by atoms with Crippen molar-refractivity contribution in [3.8, 4) is 0 Å². The molecule has 0 amide bonds. The average molecular weight is 505 g/mol. The number of hydrogen-bond donors (Lipinski definition) is 0. The van der Waals surface area contributed by atoms with E-state index in [1.165, 1.54) is 193 Å². The maximum atomic E-state index is 2.50. The van der Waals surface area contributed by atoms with Crippen LogP contribution in [-0.4, -0.2) is 0 Å². The Morgan fingerprint density at radius 2 is 0.583 bits per heavy atom. The van der Waals surface area contributed by atoms with Crippen LogP contribution in [0.4, 0.5) is 0 Å². The summed E-state index contributed by atoms with van der Waals surface area (Å²) < 4.78 is 0. The minimum Gasteiger partial charge on any atom is -0.0885 e. The van der Waals surface area contributed by atoms with Crippen LogP contribution in [0.15, 0.2) is 12.2 Å². The van der Waals surface area contributed by atoms with Gasteiger partial charge in [0.2, 0.25) is 0 Å². The molecule has 0 aliphatic rings. The van der Waals surface area contributed by atoms with Crippen LogP contribution in [-0.2, 0) is 0 Å². The normalized spacial score (nSPS) is 12.6. The number of unbranched alkanes of at least 4 members (excludes halogenated alkanes) is 25. The van der Waals surface area contributed by atoms with Gasteiger partial charge in [0.05, 0.1) is 0 Å². The van der Waals surface area contributed by atoms with E-state index in [2.05, 4.69) is 32.9 Å². The fourth-order valence-electron chi connectivity index (χ4n) is 5.57. The van der Waals surface area contributed by atoms with Gasteiger partial charge in [0.15, 0.2) is 0 Å². The van der Waals surface area contributed by atoms with E-state index in [0.29, 0.717) is 0 Å². The van der Waals surface area contributed by atoms with Crippen LogP contribution in [0, 0.1) is 5.92 Å². The number of allylic oxidation sites excluding steroid dienone is 2. The summed E-state index contributed by atoms with van der Waals surface area (Å²) in [6, 6.07) is 0. The zero-order valence-corrected chi connectivity index (χ0v) is 25.9. The van der Waals surface area contributed by atoms with Gasteiger partial charge in [0.1, 0.15) is 0 Å². The van der Waals surface area contributed by atoms with Gasteiger partial charge >= 0.3 is 0 Å². The molecule has 0 N–H and O–H groups in total. The maximum absolute atomic E-state index is 2.50. The molecule has 0 rings (SSSR count). The largest absolute Gasteiger partial charge is 0.0885 e. The van der Waals surface area contributed by atoms with E-state index in [9.17, 15) is 0 Å². The lowest BCUT2D eigenvalue weighted by Crippen LogP contribution is -1.95. The Balaban J connectivity index is 3.17. The Labute approximate surface area is 231 Å². The molecule has 0 nitrogen and oxygen atoms in total. The summed E-state index contributed by atoms with van der Waals surface area (Å²) in [6.45, 7) is 7.10.